The largest absolute Gasteiger partial charge is 0.360 e. The number of aromatic nitrogens is 4. The van der Waals surface area contributed by atoms with Crippen LogP contribution in [0, 0.1) is 20.8 Å². The molecule has 0 aliphatic heterocycles. The van der Waals surface area contributed by atoms with Crippen molar-refractivity contribution in [3.63, 3.8) is 0 Å². The van der Waals surface area contributed by atoms with Crippen LogP contribution in [0.2, 0.25) is 5.02 Å². The second kappa shape index (κ2) is 7.14. The number of ketones is 1. The first-order valence-electron chi connectivity index (χ1n) is 8.75. The van der Waals surface area contributed by atoms with E-state index < -0.39 is 0 Å². The normalized spacial score (nSPS) is 11.5. The molecule has 0 amide bonds. The van der Waals surface area contributed by atoms with Gasteiger partial charge in [-0.3, -0.25) is 9.36 Å². The first-order chi connectivity index (χ1) is 13.3. The molecule has 0 saturated heterocycles. The van der Waals surface area contributed by atoms with E-state index in [2.05, 4.69) is 10.1 Å². The van der Waals surface area contributed by atoms with Crippen LogP contribution in [0.15, 0.2) is 40.0 Å². The minimum absolute atomic E-state index is 0.0506. The average molecular weight is 415 g/mol. The van der Waals surface area contributed by atoms with Gasteiger partial charge >= 0.3 is 0 Å². The summed E-state index contributed by atoms with van der Waals surface area (Å²) in [6, 6.07) is 9.36. The van der Waals surface area contributed by atoms with Gasteiger partial charge in [0.25, 0.3) is 0 Å². The van der Waals surface area contributed by atoms with E-state index in [9.17, 15) is 4.79 Å². The first kappa shape index (κ1) is 18.8. The van der Waals surface area contributed by atoms with Crippen molar-refractivity contribution in [3.05, 3.63) is 58.1 Å². The lowest BCUT2D eigenvalue weighted by Gasteiger charge is -2.05. The van der Waals surface area contributed by atoms with Gasteiger partial charge in [0.15, 0.2) is 16.8 Å². The number of benzene rings is 1. The molecule has 0 saturated carbocycles. The molecule has 0 N–H and O–H groups in total. The lowest BCUT2D eigenvalue weighted by atomic mass is 10.2. The predicted molar refractivity (Wildman–Crippen MR) is 111 cm³/mol. The molecule has 144 valence electrons. The van der Waals surface area contributed by atoms with Crippen LogP contribution in [-0.4, -0.2) is 30.8 Å². The summed E-state index contributed by atoms with van der Waals surface area (Å²) in [6.45, 7) is 5.72. The Hall–Kier alpha value is -2.51. The summed E-state index contributed by atoms with van der Waals surface area (Å²) >= 11 is 7.47. The number of rotatable bonds is 5. The zero-order valence-corrected chi connectivity index (χ0v) is 17.6. The van der Waals surface area contributed by atoms with E-state index >= 15 is 0 Å². The molecule has 0 bridgehead atoms. The van der Waals surface area contributed by atoms with Gasteiger partial charge in [-0.25, -0.2) is 4.98 Å². The molecule has 3 heterocycles. The van der Waals surface area contributed by atoms with E-state index in [4.69, 9.17) is 16.1 Å². The standard InChI is InChI=1S/C20H19ClN4O2S/c1-11-7-15(13(3)25(11)19-8-12(2)27-23-19)18(26)10-28-20-22-16-9-14(21)5-6-17(16)24(20)4/h5-9H,10H2,1-4H3. The summed E-state index contributed by atoms with van der Waals surface area (Å²) in [5, 5.41) is 5.50. The highest BCUT2D eigenvalue weighted by molar-refractivity contribution is 7.99. The molecule has 6 nitrogen and oxygen atoms in total. The molecule has 0 spiro atoms. The zero-order chi connectivity index (χ0) is 20.0. The van der Waals surface area contributed by atoms with Gasteiger partial charge in [0.2, 0.25) is 0 Å². The highest BCUT2D eigenvalue weighted by atomic mass is 35.5. The topological polar surface area (TPSA) is 65.8 Å². The number of imidazole rings is 1. The first-order valence-corrected chi connectivity index (χ1v) is 10.1. The van der Waals surface area contributed by atoms with Gasteiger partial charge in [0, 0.05) is 35.1 Å². The van der Waals surface area contributed by atoms with Gasteiger partial charge in [-0.1, -0.05) is 28.5 Å². The number of hydrogen-bond acceptors (Lipinski definition) is 5. The van der Waals surface area contributed by atoms with Crippen LogP contribution in [0.1, 0.15) is 27.5 Å². The van der Waals surface area contributed by atoms with Gasteiger partial charge in [0.1, 0.15) is 5.76 Å². The van der Waals surface area contributed by atoms with Crippen LogP contribution in [0.3, 0.4) is 0 Å². The van der Waals surface area contributed by atoms with Crippen LogP contribution < -0.4 is 0 Å². The number of aryl methyl sites for hydroxylation is 3. The van der Waals surface area contributed by atoms with Crippen molar-refractivity contribution in [1.29, 1.82) is 0 Å². The molecule has 0 aliphatic carbocycles. The molecule has 0 atom stereocenters. The molecule has 3 aromatic heterocycles. The number of carbonyl (C=O) groups is 1. The minimum atomic E-state index is 0.0506. The third kappa shape index (κ3) is 3.25. The number of Topliss-reactive ketones (excluding diaryl/α,β-unsaturated/α-hetero) is 1. The Balaban J connectivity index is 1.57. The highest BCUT2D eigenvalue weighted by Crippen LogP contribution is 2.27. The minimum Gasteiger partial charge on any atom is -0.360 e. The van der Waals surface area contributed by atoms with E-state index in [1.165, 1.54) is 11.8 Å². The number of thioether (sulfide) groups is 1. The molecular weight excluding hydrogens is 396 g/mol. The second-order valence-electron chi connectivity index (χ2n) is 6.71. The van der Waals surface area contributed by atoms with Gasteiger partial charge in [-0.15, -0.1) is 0 Å². The fourth-order valence-corrected chi connectivity index (χ4v) is 4.38. The Morgan fingerprint density at radius 1 is 1.21 bits per heavy atom. The summed E-state index contributed by atoms with van der Waals surface area (Å²) in [4.78, 5) is 17.5. The van der Waals surface area contributed by atoms with E-state index in [1.807, 2.05) is 67.3 Å². The summed E-state index contributed by atoms with van der Waals surface area (Å²) < 4.78 is 9.09. The van der Waals surface area contributed by atoms with Gasteiger partial charge in [0.05, 0.1) is 16.8 Å². The summed E-state index contributed by atoms with van der Waals surface area (Å²) in [5.41, 5.74) is 4.29. The molecule has 8 heteroatoms. The molecular formula is C20H19ClN4O2S. The van der Waals surface area contributed by atoms with E-state index in [-0.39, 0.29) is 5.78 Å². The number of nitrogens with zero attached hydrogens (tertiary/aromatic N) is 4. The third-order valence-corrected chi connectivity index (χ3v) is 5.98. The van der Waals surface area contributed by atoms with Crippen molar-refractivity contribution in [2.45, 2.75) is 25.9 Å². The van der Waals surface area contributed by atoms with E-state index in [0.29, 0.717) is 22.2 Å². The van der Waals surface area contributed by atoms with Crippen LogP contribution in [-0.2, 0) is 7.05 Å². The number of fused-ring (bicyclic) bond motifs is 1. The maximum Gasteiger partial charge on any atom is 0.180 e. The van der Waals surface area contributed by atoms with Crippen LogP contribution in [0.5, 0.6) is 0 Å². The quantitative estimate of drug-likeness (QED) is 0.343. The van der Waals surface area contributed by atoms with Crippen molar-refractivity contribution in [2.24, 2.45) is 7.05 Å². The molecule has 0 unspecified atom stereocenters. The van der Waals surface area contributed by atoms with Gasteiger partial charge < -0.3 is 9.09 Å². The van der Waals surface area contributed by atoms with Crippen molar-refractivity contribution in [2.75, 3.05) is 5.75 Å². The summed E-state index contributed by atoms with van der Waals surface area (Å²) in [6.07, 6.45) is 0. The van der Waals surface area contributed by atoms with Crippen molar-refractivity contribution in [1.82, 2.24) is 19.3 Å². The second-order valence-corrected chi connectivity index (χ2v) is 8.09. The molecule has 28 heavy (non-hydrogen) atoms. The smallest absolute Gasteiger partial charge is 0.180 e. The summed E-state index contributed by atoms with van der Waals surface area (Å²) in [7, 11) is 1.94. The van der Waals surface area contributed by atoms with Crippen LogP contribution >= 0.6 is 23.4 Å². The Bertz CT molecular complexity index is 1200. The molecule has 4 aromatic rings. The maximum atomic E-state index is 12.9. The number of carbonyl (C=O) groups excluding carboxylic acids is 1. The number of hydrogen-bond donors (Lipinski definition) is 0. The Morgan fingerprint density at radius 3 is 2.71 bits per heavy atom. The van der Waals surface area contributed by atoms with Gasteiger partial charge in [-0.05, 0) is 45.0 Å². The highest BCUT2D eigenvalue weighted by Gasteiger charge is 2.19. The molecule has 4 rings (SSSR count). The fourth-order valence-electron chi connectivity index (χ4n) is 3.34. The lowest BCUT2D eigenvalue weighted by molar-refractivity contribution is 0.102. The predicted octanol–water partition coefficient (Wildman–Crippen LogP) is 4.91. The fraction of sp³-hybridized carbons (Fsp3) is 0.250. The zero-order valence-electron chi connectivity index (χ0n) is 16.0. The van der Waals surface area contributed by atoms with Crippen LogP contribution in [0.4, 0.5) is 0 Å². The van der Waals surface area contributed by atoms with Gasteiger partial charge in [-0.2, -0.15) is 0 Å². The van der Waals surface area contributed by atoms with E-state index in [1.54, 1.807) is 0 Å². The van der Waals surface area contributed by atoms with Crippen LogP contribution in [0.25, 0.3) is 16.9 Å². The summed E-state index contributed by atoms with van der Waals surface area (Å²) in [5.74, 6) is 1.77. The maximum absolute atomic E-state index is 12.9. The number of halogens is 1. The van der Waals surface area contributed by atoms with E-state index in [0.717, 1.165) is 33.3 Å². The molecule has 0 radical (unpaired) electrons. The Labute approximate surface area is 171 Å². The average Bonchev–Trinajstić information content (AvgIpc) is 3.29. The van der Waals surface area contributed by atoms with Crippen molar-refractivity contribution < 1.29 is 9.32 Å². The molecule has 0 aliphatic rings. The monoisotopic (exact) mass is 414 g/mol. The Kier molecular flexibility index (Phi) is 4.81. The lowest BCUT2D eigenvalue weighted by Crippen LogP contribution is -2.06. The Morgan fingerprint density at radius 2 is 2.00 bits per heavy atom. The van der Waals surface area contributed by atoms with Crippen molar-refractivity contribution in [3.8, 4) is 5.82 Å². The third-order valence-electron chi connectivity index (χ3n) is 4.71. The molecule has 0 fully saturated rings. The SMILES string of the molecule is Cc1cc(-n2c(C)cc(C(=O)CSc3nc4cc(Cl)ccc4n3C)c2C)no1. The molecule has 1 aromatic carbocycles. The van der Waals surface area contributed by atoms with Crippen molar-refractivity contribution >= 4 is 40.2 Å².